The van der Waals surface area contributed by atoms with Gasteiger partial charge in [0.1, 0.15) is 0 Å². The number of hydrogen-bond donors (Lipinski definition) is 1. The SMILES string of the molecule is CCN(CC)c1ncc(CNCCCOC)s1. The summed E-state index contributed by atoms with van der Waals surface area (Å²) in [5.41, 5.74) is 0. The Hall–Kier alpha value is -0.650. The van der Waals surface area contributed by atoms with Crippen molar-refractivity contribution in [1.29, 1.82) is 0 Å². The van der Waals surface area contributed by atoms with Crippen LogP contribution in [0.2, 0.25) is 0 Å². The van der Waals surface area contributed by atoms with Crippen LogP contribution in [0.1, 0.15) is 25.1 Å². The molecule has 0 aliphatic heterocycles. The van der Waals surface area contributed by atoms with E-state index in [1.54, 1.807) is 18.4 Å². The summed E-state index contributed by atoms with van der Waals surface area (Å²) in [5, 5.41) is 4.53. The monoisotopic (exact) mass is 257 g/mol. The molecule has 98 valence electrons. The van der Waals surface area contributed by atoms with Gasteiger partial charge in [-0.05, 0) is 26.8 Å². The Labute approximate surface area is 108 Å². The van der Waals surface area contributed by atoms with Gasteiger partial charge in [0.2, 0.25) is 0 Å². The van der Waals surface area contributed by atoms with Crippen molar-refractivity contribution < 1.29 is 4.74 Å². The van der Waals surface area contributed by atoms with Crippen molar-refractivity contribution in [2.45, 2.75) is 26.8 Å². The van der Waals surface area contributed by atoms with E-state index in [2.05, 4.69) is 29.0 Å². The molecule has 0 spiro atoms. The van der Waals surface area contributed by atoms with Crippen molar-refractivity contribution in [3.8, 4) is 0 Å². The molecule has 0 aliphatic carbocycles. The minimum atomic E-state index is 0.820. The maximum absolute atomic E-state index is 5.00. The van der Waals surface area contributed by atoms with Gasteiger partial charge in [0.25, 0.3) is 0 Å². The van der Waals surface area contributed by atoms with Crippen molar-refractivity contribution in [3.05, 3.63) is 11.1 Å². The summed E-state index contributed by atoms with van der Waals surface area (Å²) >= 11 is 1.77. The Kier molecular flexibility index (Phi) is 7.16. The van der Waals surface area contributed by atoms with Crippen molar-refractivity contribution in [2.24, 2.45) is 0 Å². The number of thiazole rings is 1. The van der Waals surface area contributed by atoms with E-state index in [4.69, 9.17) is 4.74 Å². The van der Waals surface area contributed by atoms with Crippen LogP contribution in [0.4, 0.5) is 5.13 Å². The van der Waals surface area contributed by atoms with Crippen molar-refractivity contribution in [3.63, 3.8) is 0 Å². The van der Waals surface area contributed by atoms with E-state index < -0.39 is 0 Å². The Morgan fingerprint density at radius 3 is 2.82 bits per heavy atom. The highest BCUT2D eigenvalue weighted by Gasteiger charge is 2.06. The predicted octanol–water partition coefficient (Wildman–Crippen LogP) is 2.12. The first-order chi connectivity index (χ1) is 8.31. The van der Waals surface area contributed by atoms with Crippen LogP contribution in [-0.2, 0) is 11.3 Å². The van der Waals surface area contributed by atoms with E-state index in [9.17, 15) is 0 Å². The molecule has 0 bridgehead atoms. The molecular formula is C12H23N3OS. The van der Waals surface area contributed by atoms with Gasteiger partial charge in [-0.3, -0.25) is 0 Å². The number of nitrogens with zero attached hydrogens (tertiary/aromatic N) is 2. The minimum Gasteiger partial charge on any atom is -0.385 e. The lowest BCUT2D eigenvalue weighted by atomic mass is 10.4. The molecule has 0 saturated heterocycles. The molecule has 4 nitrogen and oxygen atoms in total. The van der Waals surface area contributed by atoms with Crippen LogP contribution in [0.3, 0.4) is 0 Å². The maximum atomic E-state index is 5.00. The molecule has 0 atom stereocenters. The first kappa shape index (κ1) is 14.4. The molecule has 0 fully saturated rings. The summed E-state index contributed by atoms with van der Waals surface area (Å²) in [7, 11) is 1.74. The van der Waals surface area contributed by atoms with Crippen LogP contribution in [0, 0.1) is 0 Å². The van der Waals surface area contributed by atoms with Gasteiger partial charge in [-0.2, -0.15) is 0 Å². The van der Waals surface area contributed by atoms with Crippen molar-refractivity contribution >= 4 is 16.5 Å². The summed E-state index contributed by atoms with van der Waals surface area (Å²) in [6, 6.07) is 0. The molecule has 0 saturated carbocycles. The van der Waals surface area contributed by atoms with Crippen LogP contribution >= 0.6 is 11.3 Å². The molecular weight excluding hydrogens is 234 g/mol. The van der Waals surface area contributed by atoms with Gasteiger partial charge in [-0.1, -0.05) is 0 Å². The van der Waals surface area contributed by atoms with Gasteiger partial charge in [0.05, 0.1) is 0 Å². The van der Waals surface area contributed by atoms with Gasteiger partial charge < -0.3 is 15.0 Å². The highest BCUT2D eigenvalue weighted by Crippen LogP contribution is 2.21. The fourth-order valence-corrected chi connectivity index (χ4v) is 2.58. The number of anilines is 1. The molecule has 17 heavy (non-hydrogen) atoms. The molecule has 1 aromatic heterocycles. The van der Waals surface area contributed by atoms with Crippen molar-refractivity contribution in [2.75, 3.05) is 38.3 Å². The molecule has 1 heterocycles. The average molecular weight is 257 g/mol. The van der Waals surface area contributed by atoms with Gasteiger partial charge in [-0.15, -0.1) is 11.3 Å². The normalized spacial score (nSPS) is 10.8. The second-order valence-corrected chi connectivity index (χ2v) is 4.90. The minimum absolute atomic E-state index is 0.820. The molecule has 0 amide bonds. The molecule has 0 radical (unpaired) electrons. The Morgan fingerprint density at radius 2 is 2.18 bits per heavy atom. The summed E-state index contributed by atoms with van der Waals surface area (Å²) < 4.78 is 5.00. The second-order valence-electron chi connectivity index (χ2n) is 3.80. The molecule has 1 rings (SSSR count). The lowest BCUT2D eigenvalue weighted by Crippen LogP contribution is -2.21. The Bertz CT molecular complexity index is 300. The summed E-state index contributed by atoms with van der Waals surface area (Å²) in [6.07, 6.45) is 3.03. The third-order valence-corrected chi connectivity index (χ3v) is 3.63. The van der Waals surface area contributed by atoms with E-state index in [-0.39, 0.29) is 0 Å². The van der Waals surface area contributed by atoms with Gasteiger partial charge in [-0.25, -0.2) is 4.98 Å². The number of methoxy groups -OCH3 is 1. The van der Waals surface area contributed by atoms with Crippen LogP contribution in [0.5, 0.6) is 0 Å². The average Bonchev–Trinajstić information content (AvgIpc) is 2.79. The number of hydrogen-bond acceptors (Lipinski definition) is 5. The molecule has 1 N–H and O–H groups in total. The zero-order valence-electron chi connectivity index (χ0n) is 11.0. The number of aromatic nitrogens is 1. The zero-order valence-corrected chi connectivity index (χ0v) is 11.8. The number of rotatable bonds is 9. The summed E-state index contributed by atoms with van der Waals surface area (Å²) in [6.45, 7) is 9.08. The van der Waals surface area contributed by atoms with Gasteiger partial charge in [0, 0.05) is 44.4 Å². The summed E-state index contributed by atoms with van der Waals surface area (Å²) in [5.74, 6) is 0. The lowest BCUT2D eigenvalue weighted by Gasteiger charge is -2.16. The third kappa shape index (κ3) is 5.02. The van der Waals surface area contributed by atoms with E-state index in [0.29, 0.717) is 0 Å². The smallest absolute Gasteiger partial charge is 0.185 e. The van der Waals surface area contributed by atoms with Gasteiger partial charge in [0.15, 0.2) is 5.13 Å². The number of nitrogens with one attached hydrogen (secondary N) is 1. The van der Waals surface area contributed by atoms with Crippen LogP contribution in [0.15, 0.2) is 6.20 Å². The molecule has 1 aromatic rings. The first-order valence-electron chi connectivity index (χ1n) is 6.21. The summed E-state index contributed by atoms with van der Waals surface area (Å²) in [4.78, 5) is 8.03. The van der Waals surface area contributed by atoms with E-state index in [1.807, 2.05) is 6.20 Å². The quantitative estimate of drug-likeness (QED) is 0.688. The van der Waals surface area contributed by atoms with E-state index in [1.165, 1.54) is 4.88 Å². The molecule has 0 unspecified atom stereocenters. The van der Waals surface area contributed by atoms with Crippen LogP contribution in [0.25, 0.3) is 0 Å². The topological polar surface area (TPSA) is 37.4 Å². The lowest BCUT2D eigenvalue weighted by molar-refractivity contribution is 0.194. The van der Waals surface area contributed by atoms with Gasteiger partial charge >= 0.3 is 0 Å². The largest absolute Gasteiger partial charge is 0.385 e. The maximum Gasteiger partial charge on any atom is 0.185 e. The standard InChI is InChI=1S/C12H23N3OS/c1-4-15(5-2)12-14-10-11(17-12)9-13-7-6-8-16-3/h10,13H,4-9H2,1-3H3. The Morgan fingerprint density at radius 1 is 1.41 bits per heavy atom. The second kappa shape index (κ2) is 8.44. The van der Waals surface area contributed by atoms with E-state index in [0.717, 1.165) is 44.3 Å². The highest BCUT2D eigenvalue weighted by molar-refractivity contribution is 7.15. The van der Waals surface area contributed by atoms with Crippen molar-refractivity contribution in [1.82, 2.24) is 10.3 Å². The van der Waals surface area contributed by atoms with Crippen LogP contribution in [-0.4, -0.2) is 38.3 Å². The van der Waals surface area contributed by atoms with E-state index >= 15 is 0 Å². The zero-order chi connectivity index (χ0) is 12.5. The molecule has 0 aliphatic rings. The highest BCUT2D eigenvalue weighted by atomic mass is 32.1. The predicted molar refractivity (Wildman–Crippen MR) is 73.9 cm³/mol. The molecule has 0 aromatic carbocycles. The van der Waals surface area contributed by atoms with Crippen LogP contribution < -0.4 is 10.2 Å². The third-order valence-electron chi connectivity index (χ3n) is 2.58. The first-order valence-corrected chi connectivity index (χ1v) is 7.02. The Balaban J connectivity index is 2.30. The fourth-order valence-electron chi connectivity index (χ4n) is 1.57. The molecule has 5 heteroatoms. The fraction of sp³-hybridized carbons (Fsp3) is 0.750. The number of ether oxygens (including phenoxy) is 1.